The average Bonchev–Trinajstić information content (AvgIpc) is 2.65. The molecule has 0 amide bonds. The standard InChI is InChI=1S/C22H26O5/c1-15(2)20-12-11-19(14-16(20)3)26-13-5-6-21(23)27-18-9-7-17(8-10-18)22(24)25-4/h7-12,14-15H,5-6,13H2,1-4H3. The molecule has 27 heavy (non-hydrogen) atoms. The van der Waals surface area contributed by atoms with Gasteiger partial charge in [-0.25, -0.2) is 4.79 Å². The van der Waals surface area contributed by atoms with Gasteiger partial charge in [-0.15, -0.1) is 0 Å². The maximum absolute atomic E-state index is 11.9. The number of esters is 2. The number of carbonyl (C=O) groups excluding carboxylic acids is 2. The maximum Gasteiger partial charge on any atom is 0.337 e. The second kappa shape index (κ2) is 9.76. The first kappa shape index (κ1) is 20.5. The molecule has 0 unspecified atom stereocenters. The van der Waals surface area contributed by atoms with Gasteiger partial charge in [-0.3, -0.25) is 4.79 Å². The summed E-state index contributed by atoms with van der Waals surface area (Å²) in [7, 11) is 1.32. The van der Waals surface area contributed by atoms with Crippen LogP contribution in [0.15, 0.2) is 42.5 Å². The van der Waals surface area contributed by atoms with Gasteiger partial charge in [-0.05, 0) is 66.8 Å². The minimum Gasteiger partial charge on any atom is -0.494 e. The summed E-state index contributed by atoms with van der Waals surface area (Å²) >= 11 is 0. The van der Waals surface area contributed by atoms with Crippen LogP contribution in [0.1, 0.15) is 54.1 Å². The Hall–Kier alpha value is -2.82. The topological polar surface area (TPSA) is 61.8 Å². The third kappa shape index (κ3) is 6.13. The van der Waals surface area contributed by atoms with Crippen molar-refractivity contribution in [3.8, 4) is 11.5 Å². The van der Waals surface area contributed by atoms with Crippen molar-refractivity contribution < 1.29 is 23.8 Å². The molecule has 0 aromatic heterocycles. The van der Waals surface area contributed by atoms with E-state index >= 15 is 0 Å². The Labute approximate surface area is 160 Å². The Bertz CT molecular complexity index is 778. The van der Waals surface area contributed by atoms with Gasteiger partial charge in [0.2, 0.25) is 0 Å². The van der Waals surface area contributed by atoms with Crippen LogP contribution in [-0.2, 0) is 9.53 Å². The molecule has 0 N–H and O–H groups in total. The van der Waals surface area contributed by atoms with E-state index in [2.05, 4.69) is 31.6 Å². The van der Waals surface area contributed by atoms with Gasteiger partial charge in [0, 0.05) is 6.42 Å². The van der Waals surface area contributed by atoms with Crippen LogP contribution in [0.4, 0.5) is 0 Å². The molecule has 0 heterocycles. The zero-order chi connectivity index (χ0) is 19.8. The molecular formula is C22H26O5. The second-order valence-corrected chi connectivity index (χ2v) is 6.62. The lowest BCUT2D eigenvalue weighted by Gasteiger charge is -2.12. The fourth-order valence-corrected chi connectivity index (χ4v) is 2.75. The Morgan fingerprint density at radius 2 is 1.67 bits per heavy atom. The van der Waals surface area contributed by atoms with Crippen LogP contribution in [-0.4, -0.2) is 25.7 Å². The lowest BCUT2D eigenvalue weighted by atomic mass is 9.98. The van der Waals surface area contributed by atoms with Crippen LogP contribution in [0.5, 0.6) is 11.5 Å². The number of ether oxygens (including phenoxy) is 3. The van der Waals surface area contributed by atoms with Crippen molar-refractivity contribution in [3.63, 3.8) is 0 Å². The van der Waals surface area contributed by atoms with E-state index in [0.717, 1.165) is 5.75 Å². The van der Waals surface area contributed by atoms with Gasteiger partial charge in [0.25, 0.3) is 0 Å². The first-order valence-electron chi connectivity index (χ1n) is 9.03. The number of rotatable bonds is 8. The number of hydrogen-bond acceptors (Lipinski definition) is 5. The van der Waals surface area contributed by atoms with Gasteiger partial charge in [-0.1, -0.05) is 19.9 Å². The molecule has 0 aliphatic rings. The van der Waals surface area contributed by atoms with E-state index in [9.17, 15) is 9.59 Å². The second-order valence-electron chi connectivity index (χ2n) is 6.62. The highest BCUT2D eigenvalue weighted by molar-refractivity contribution is 5.89. The predicted molar refractivity (Wildman–Crippen MR) is 103 cm³/mol. The molecule has 144 valence electrons. The number of hydrogen-bond donors (Lipinski definition) is 0. The van der Waals surface area contributed by atoms with Crippen molar-refractivity contribution in [2.75, 3.05) is 13.7 Å². The summed E-state index contributed by atoms with van der Waals surface area (Å²) < 4.78 is 15.6. The average molecular weight is 370 g/mol. The summed E-state index contributed by atoms with van der Waals surface area (Å²) in [6.45, 7) is 6.84. The monoisotopic (exact) mass is 370 g/mol. The van der Waals surface area contributed by atoms with Crippen LogP contribution in [0.2, 0.25) is 0 Å². The summed E-state index contributed by atoms with van der Waals surface area (Å²) in [6.07, 6.45) is 0.811. The molecule has 2 rings (SSSR count). The van der Waals surface area contributed by atoms with Crippen LogP contribution in [0.25, 0.3) is 0 Å². The Morgan fingerprint density at radius 1 is 1.00 bits per heavy atom. The largest absolute Gasteiger partial charge is 0.494 e. The highest BCUT2D eigenvalue weighted by Crippen LogP contribution is 2.23. The van der Waals surface area contributed by atoms with Crippen molar-refractivity contribution in [1.82, 2.24) is 0 Å². The first-order chi connectivity index (χ1) is 12.9. The van der Waals surface area contributed by atoms with Crippen LogP contribution >= 0.6 is 0 Å². The third-order valence-corrected chi connectivity index (χ3v) is 4.16. The molecule has 2 aromatic rings. The van der Waals surface area contributed by atoms with Gasteiger partial charge in [-0.2, -0.15) is 0 Å². The number of methoxy groups -OCH3 is 1. The minimum absolute atomic E-state index is 0.252. The lowest BCUT2D eigenvalue weighted by molar-refractivity contribution is -0.134. The highest BCUT2D eigenvalue weighted by atomic mass is 16.5. The van der Waals surface area contributed by atoms with Gasteiger partial charge in [0.05, 0.1) is 19.3 Å². The van der Waals surface area contributed by atoms with E-state index in [1.807, 2.05) is 12.1 Å². The third-order valence-electron chi connectivity index (χ3n) is 4.16. The molecule has 0 aliphatic heterocycles. The van der Waals surface area contributed by atoms with Crippen molar-refractivity contribution >= 4 is 11.9 Å². The molecular weight excluding hydrogens is 344 g/mol. The van der Waals surface area contributed by atoms with Crippen LogP contribution < -0.4 is 9.47 Å². The van der Waals surface area contributed by atoms with E-state index in [0.29, 0.717) is 30.3 Å². The molecule has 5 nitrogen and oxygen atoms in total. The van der Waals surface area contributed by atoms with E-state index in [1.165, 1.54) is 18.2 Å². The summed E-state index contributed by atoms with van der Waals surface area (Å²) in [6, 6.07) is 12.3. The van der Waals surface area contributed by atoms with Crippen LogP contribution in [0.3, 0.4) is 0 Å². The molecule has 0 fully saturated rings. The summed E-state index contributed by atoms with van der Waals surface area (Å²) in [4.78, 5) is 23.3. The molecule has 0 saturated heterocycles. The molecule has 0 atom stereocenters. The number of carbonyl (C=O) groups is 2. The fraction of sp³-hybridized carbons (Fsp3) is 0.364. The van der Waals surface area contributed by atoms with Gasteiger partial charge < -0.3 is 14.2 Å². The van der Waals surface area contributed by atoms with Gasteiger partial charge in [0.15, 0.2) is 0 Å². The Kier molecular flexibility index (Phi) is 7.41. The quantitative estimate of drug-likeness (QED) is 0.384. The van der Waals surface area contributed by atoms with Crippen molar-refractivity contribution in [2.24, 2.45) is 0 Å². The van der Waals surface area contributed by atoms with E-state index in [4.69, 9.17) is 9.47 Å². The molecule has 5 heteroatoms. The molecule has 2 aromatic carbocycles. The minimum atomic E-state index is -0.429. The van der Waals surface area contributed by atoms with Crippen LogP contribution in [0, 0.1) is 6.92 Å². The summed E-state index contributed by atoms with van der Waals surface area (Å²) in [5.74, 6) is 0.921. The molecule has 0 saturated carbocycles. The predicted octanol–water partition coefficient (Wildman–Crippen LogP) is 4.67. The molecule has 0 aliphatic carbocycles. The summed E-state index contributed by atoms with van der Waals surface area (Å²) in [5, 5.41) is 0. The maximum atomic E-state index is 11.9. The van der Waals surface area contributed by atoms with Crippen molar-refractivity contribution in [2.45, 2.75) is 39.5 Å². The normalized spacial score (nSPS) is 10.6. The lowest BCUT2D eigenvalue weighted by Crippen LogP contribution is -2.10. The smallest absolute Gasteiger partial charge is 0.337 e. The zero-order valence-corrected chi connectivity index (χ0v) is 16.3. The fourth-order valence-electron chi connectivity index (χ4n) is 2.75. The molecule has 0 radical (unpaired) electrons. The number of benzene rings is 2. The van der Waals surface area contributed by atoms with Crippen molar-refractivity contribution in [3.05, 3.63) is 59.2 Å². The first-order valence-corrected chi connectivity index (χ1v) is 9.03. The van der Waals surface area contributed by atoms with E-state index in [1.54, 1.807) is 24.3 Å². The zero-order valence-electron chi connectivity index (χ0n) is 16.3. The number of aryl methyl sites for hydroxylation is 1. The highest BCUT2D eigenvalue weighted by Gasteiger charge is 2.09. The Morgan fingerprint density at radius 3 is 2.26 bits per heavy atom. The Balaban J connectivity index is 1.74. The SMILES string of the molecule is COC(=O)c1ccc(OC(=O)CCCOc2ccc(C(C)C)c(C)c2)cc1. The van der Waals surface area contributed by atoms with E-state index < -0.39 is 5.97 Å². The molecule has 0 spiro atoms. The van der Waals surface area contributed by atoms with Gasteiger partial charge in [0.1, 0.15) is 11.5 Å². The molecule has 0 bridgehead atoms. The van der Waals surface area contributed by atoms with Crippen molar-refractivity contribution in [1.29, 1.82) is 0 Å². The summed E-state index contributed by atoms with van der Waals surface area (Å²) in [5.41, 5.74) is 2.92. The van der Waals surface area contributed by atoms with Gasteiger partial charge >= 0.3 is 11.9 Å². The van der Waals surface area contributed by atoms with E-state index in [-0.39, 0.29) is 12.4 Å².